The van der Waals surface area contributed by atoms with Crippen molar-refractivity contribution in [2.24, 2.45) is 0 Å². The summed E-state index contributed by atoms with van der Waals surface area (Å²) in [5.74, 6) is 0. The lowest BCUT2D eigenvalue weighted by Crippen LogP contribution is -2.25. The summed E-state index contributed by atoms with van der Waals surface area (Å²) in [6, 6.07) is 0. The lowest BCUT2D eigenvalue weighted by Gasteiger charge is -2.17. The van der Waals surface area contributed by atoms with Crippen molar-refractivity contribution in [2.45, 2.75) is 38.3 Å². The molecule has 0 aromatic carbocycles. The number of likely N-dealkylation sites (N-methyl/N-ethyl adjacent to an activating group) is 1. The Balaban J connectivity index is 1.55. The van der Waals surface area contributed by atoms with E-state index in [0.29, 0.717) is 11.1 Å². The van der Waals surface area contributed by atoms with Gasteiger partial charge in [0.2, 0.25) is 0 Å². The lowest BCUT2D eigenvalue weighted by atomic mass is 10.1. The van der Waals surface area contributed by atoms with E-state index < -0.39 is 0 Å². The third-order valence-corrected chi connectivity index (χ3v) is 3.60. The molecule has 0 bridgehead atoms. The van der Waals surface area contributed by atoms with E-state index in [-0.39, 0.29) is 0 Å². The fraction of sp³-hybridized carbons (Fsp3) is 0.769. The van der Waals surface area contributed by atoms with E-state index in [1.807, 2.05) is 10.9 Å². The van der Waals surface area contributed by atoms with E-state index in [0.717, 1.165) is 26.2 Å². The van der Waals surface area contributed by atoms with Gasteiger partial charge < -0.3 is 9.64 Å². The van der Waals surface area contributed by atoms with Gasteiger partial charge in [-0.2, -0.15) is 5.10 Å². The highest BCUT2D eigenvalue weighted by Crippen LogP contribution is 2.16. The SMILES string of the molecule is CN(CCC[C@H]1CCCO1)CCn1cc(Cl)cn1. The largest absolute Gasteiger partial charge is 0.378 e. The maximum absolute atomic E-state index is 5.82. The van der Waals surface area contributed by atoms with E-state index in [1.54, 1.807) is 6.20 Å². The first-order chi connectivity index (χ1) is 8.74. The first-order valence-corrected chi connectivity index (χ1v) is 7.10. The van der Waals surface area contributed by atoms with E-state index in [4.69, 9.17) is 16.3 Å². The second-order valence-electron chi connectivity index (χ2n) is 5.00. The number of aromatic nitrogens is 2. The zero-order valence-corrected chi connectivity index (χ0v) is 11.8. The molecule has 1 fully saturated rings. The second kappa shape index (κ2) is 7.12. The van der Waals surface area contributed by atoms with Crippen LogP contribution < -0.4 is 0 Å². The Bertz CT molecular complexity index is 350. The molecular formula is C13H22ClN3O. The minimum Gasteiger partial charge on any atom is -0.378 e. The van der Waals surface area contributed by atoms with Crippen LogP contribution >= 0.6 is 11.6 Å². The van der Waals surface area contributed by atoms with Gasteiger partial charge in [0.05, 0.1) is 23.9 Å². The van der Waals surface area contributed by atoms with Crippen molar-refractivity contribution in [3.05, 3.63) is 17.4 Å². The highest BCUT2D eigenvalue weighted by molar-refractivity contribution is 6.30. The number of hydrogen-bond donors (Lipinski definition) is 0. The molecule has 1 aliphatic rings. The van der Waals surface area contributed by atoms with Crippen LogP contribution in [0.5, 0.6) is 0 Å². The third-order valence-electron chi connectivity index (χ3n) is 3.40. The first kappa shape index (κ1) is 13.8. The standard InChI is InChI=1S/C13H22ClN3O/c1-16(6-2-4-13-5-3-9-18-13)7-8-17-11-12(14)10-15-17/h10-11,13H,2-9H2,1H3/t13-/m0/s1. The smallest absolute Gasteiger partial charge is 0.0785 e. The zero-order chi connectivity index (χ0) is 12.8. The molecule has 0 aliphatic carbocycles. The maximum atomic E-state index is 5.82. The molecule has 1 aromatic rings. The lowest BCUT2D eigenvalue weighted by molar-refractivity contribution is 0.0996. The molecule has 1 aliphatic heterocycles. The van der Waals surface area contributed by atoms with Crippen molar-refractivity contribution in [1.82, 2.24) is 14.7 Å². The van der Waals surface area contributed by atoms with Crippen LogP contribution in [0.25, 0.3) is 0 Å². The summed E-state index contributed by atoms with van der Waals surface area (Å²) >= 11 is 5.82. The van der Waals surface area contributed by atoms with E-state index in [2.05, 4.69) is 17.0 Å². The molecule has 1 aromatic heterocycles. The van der Waals surface area contributed by atoms with Gasteiger partial charge in [-0.15, -0.1) is 0 Å². The minimum absolute atomic E-state index is 0.517. The number of rotatable bonds is 7. The summed E-state index contributed by atoms with van der Waals surface area (Å²) in [7, 11) is 2.15. The molecule has 0 amide bonds. The molecule has 4 nitrogen and oxygen atoms in total. The van der Waals surface area contributed by atoms with Gasteiger partial charge in [-0.1, -0.05) is 11.6 Å². The molecule has 1 saturated heterocycles. The summed E-state index contributed by atoms with van der Waals surface area (Å²) in [5, 5.41) is 4.87. The van der Waals surface area contributed by atoms with E-state index in [1.165, 1.54) is 25.7 Å². The molecule has 102 valence electrons. The Morgan fingerprint density at radius 3 is 3.11 bits per heavy atom. The van der Waals surface area contributed by atoms with Crippen molar-refractivity contribution in [1.29, 1.82) is 0 Å². The van der Waals surface area contributed by atoms with Crippen LogP contribution in [-0.2, 0) is 11.3 Å². The number of nitrogens with zero attached hydrogens (tertiary/aromatic N) is 3. The molecule has 5 heteroatoms. The topological polar surface area (TPSA) is 30.3 Å². The van der Waals surface area contributed by atoms with Crippen molar-refractivity contribution < 1.29 is 4.74 Å². The zero-order valence-electron chi connectivity index (χ0n) is 11.0. The van der Waals surface area contributed by atoms with Gasteiger partial charge in [-0.3, -0.25) is 4.68 Å². The Labute approximate surface area is 114 Å². The van der Waals surface area contributed by atoms with Gasteiger partial charge in [0, 0.05) is 19.3 Å². The van der Waals surface area contributed by atoms with Gasteiger partial charge in [0.15, 0.2) is 0 Å². The van der Waals surface area contributed by atoms with Crippen LogP contribution in [0.2, 0.25) is 5.02 Å². The molecule has 0 unspecified atom stereocenters. The maximum Gasteiger partial charge on any atom is 0.0785 e. The minimum atomic E-state index is 0.517. The molecular weight excluding hydrogens is 250 g/mol. The fourth-order valence-electron chi connectivity index (χ4n) is 2.31. The molecule has 0 radical (unpaired) electrons. The van der Waals surface area contributed by atoms with Gasteiger partial charge in [0.25, 0.3) is 0 Å². The Morgan fingerprint density at radius 1 is 1.56 bits per heavy atom. The number of halogens is 1. The fourth-order valence-corrected chi connectivity index (χ4v) is 2.46. The van der Waals surface area contributed by atoms with Gasteiger partial charge in [-0.25, -0.2) is 0 Å². The van der Waals surface area contributed by atoms with Gasteiger partial charge in [0.1, 0.15) is 0 Å². The van der Waals surface area contributed by atoms with Crippen molar-refractivity contribution >= 4 is 11.6 Å². The predicted octanol–water partition coefficient (Wildman–Crippen LogP) is 2.43. The summed E-state index contributed by atoms with van der Waals surface area (Å²) in [4.78, 5) is 2.34. The molecule has 1 atom stereocenters. The summed E-state index contributed by atoms with van der Waals surface area (Å²) < 4.78 is 7.51. The van der Waals surface area contributed by atoms with Crippen LogP contribution in [0.1, 0.15) is 25.7 Å². The van der Waals surface area contributed by atoms with Crippen LogP contribution in [0.3, 0.4) is 0 Å². The Kier molecular flexibility index (Phi) is 5.47. The van der Waals surface area contributed by atoms with Gasteiger partial charge in [-0.05, 0) is 39.3 Å². The monoisotopic (exact) mass is 271 g/mol. The summed E-state index contributed by atoms with van der Waals surface area (Å²) in [6.07, 6.45) is 8.94. The Hall–Kier alpha value is -0.580. The molecule has 2 heterocycles. The molecule has 0 N–H and O–H groups in total. The first-order valence-electron chi connectivity index (χ1n) is 6.72. The molecule has 18 heavy (non-hydrogen) atoms. The molecule has 0 saturated carbocycles. The second-order valence-corrected chi connectivity index (χ2v) is 5.44. The average Bonchev–Trinajstić information content (AvgIpc) is 2.98. The average molecular weight is 272 g/mol. The highest BCUT2D eigenvalue weighted by atomic mass is 35.5. The van der Waals surface area contributed by atoms with Gasteiger partial charge >= 0.3 is 0 Å². The Morgan fingerprint density at radius 2 is 2.44 bits per heavy atom. The van der Waals surface area contributed by atoms with Crippen LogP contribution in [0, 0.1) is 0 Å². The van der Waals surface area contributed by atoms with E-state index >= 15 is 0 Å². The van der Waals surface area contributed by atoms with E-state index in [9.17, 15) is 0 Å². The quantitative estimate of drug-likeness (QED) is 0.763. The molecule has 2 rings (SSSR count). The van der Waals surface area contributed by atoms with Crippen LogP contribution in [0.15, 0.2) is 12.4 Å². The highest BCUT2D eigenvalue weighted by Gasteiger charge is 2.14. The number of hydrogen-bond acceptors (Lipinski definition) is 3. The van der Waals surface area contributed by atoms with Crippen molar-refractivity contribution in [2.75, 3.05) is 26.7 Å². The summed E-state index contributed by atoms with van der Waals surface area (Å²) in [6.45, 7) is 3.97. The van der Waals surface area contributed by atoms with Crippen molar-refractivity contribution in [3.63, 3.8) is 0 Å². The number of ether oxygens (including phenoxy) is 1. The normalized spacial score (nSPS) is 19.8. The predicted molar refractivity (Wildman–Crippen MR) is 72.9 cm³/mol. The van der Waals surface area contributed by atoms with Crippen molar-refractivity contribution in [3.8, 4) is 0 Å². The third kappa shape index (κ3) is 4.59. The molecule has 0 spiro atoms. The van der Waals surface area contributed by atoms with Crippen LogP contribution in [0.4, 0.5) is 0 Å². The van der Waals surface area contributed by atoms with Crippen LogP contribution in [-0.4, -0.2) is 47.5 Å². The summed E-state index contributed by atoms with van der Waals surface area (Å²) in [5.41, 5.74) is 0.